The van der Waals surface area contributed by atoms with Gasteiger partial charge < -0.3 is 9.64 Å². The standard InChI is InChI=1S/C14H16N2O3/c17-14(19-9-10-4-2-1-3-5-10)16-8-11-6-12(16)7-13(11)15-18/h1-5,11-13H,6-9H2. The van der Waals surface area contributed by atoms with E-state index in [1.54, 1.807) is 4.90 Å². The maximum atomic E-state index is 12.0. The van der Waals surface area contributed by atoms with Crippen LogP contribution in [0, 0.1) is 10.8 Å². The molecule has 19 heavy (non-hydrogen) atoms. The first-order valence-electron chi connectivity index (χ1n) is 6.57. The molecule has 5 nitrogen and oxygen atoms in total. The van der Waals surface area contributed by atoms with Gasteiger partial charge in [-0.25, -0.2) is 4.79 Å². The van der Waals surface area contributed by atoms with Gasteiger partial charge in [0.1, 0.15) is 6.61 Å². The summed E-state index contributed by atoms with van der Waals surface area (Å²) in [6.07, 6.45) is 1.30. The number of benzene rings is 1. The lowest BCUT2D eigenvalue weighted by Crippen LogP contribution is -2.41. The van der Waals surface area contributed by atoms with Gasteiger partial charge in [-0.1, -0.05) is 35.5 Å². The Hall–Kier alpha value is -1.91. The van der Waals surface area contributed by atoms with Crippen molar-refractivity contribution in [3.8, 4) is 0 Å². The van der Waals surface area contributed by atoms with Crippen LogP contribution in [-0.4, -0.2) is 29.6 Å². The molecule has 1 aromatic rings. The second kappa shape index (κ2) is 4.99. The van der Waals surface area contributed by atoms with E-state index in [0.29, 0.717) is 19.6 Å². The van der Waals surface area contributed by atoms with E-state index in [1.807, 2.05) is 30.3 Å². The second-order valence-corrected chi connectivity index (χ2v) is 5.25. The third kappa shape index (κ3) is 2.32. The number of hydrogen-bond acceptors (Lipinski definition) is 4. The number of carbonyl (C=O) groups excluding carboxylic acids is 1. The van der Waals surface area contributed by atoms with Gasteiger partial charge in [0.15, 0.2) is 0 Å². The smallest absolute Gasteiger partial charge is 0.410 e. The van der Waals surface area contributed by atoms with E-state index in [2.05, 4.69) is 5.18 Å². The molecule has 100 valence electrons. The van der Waals surface area contributed by atoms with Crippen molar-refractivity contribution in [2.45, 2.75) is 31.5 Å². The molecule has 0 aromatic heterocycles. The van der Waals surface area contributed by atoms with Gasteiger partial charge in [0, 0.05) is 18.5 Å². The van der Waals surface area contributed by atoms with E-state index >= 15 is 0 Å². The molecule has 2 bridgehead atoms. The van der Waals surface area contributed by atoms with E-state index in [4.69, 9.17) is 4.74 Å². The zero-order chi connectivity index (χ0) is 13.2. The number of hydrogen-bond donors (Lipinski definition) is 0. The molecular formula is C14H16N2O3. The highest BCUT2D eigenvalue weighted by atomic mass is 16.6. The fraction of sp³-hybridized carbons (Fsp3) is 0.500. The summed E-state index contributed by atoms with van der Waals surface area (Å²) in [6, 6.07) is 9.64. The van der Waals surface area contributed by atoms with E-state index < -0.39 is 0 Å². The number of piperidine rings is 1. The van der Waals surface area contributed by atoms with Crippen LogP contribution in [0.3, 0.4) is 0 Å². The van der Waals surface area contributed by atoms with Crippen molar-refractivity contribution in [3.63, 3.8) is 0 Å². The lowest BCUT2D eigenvalue weighted by molar-refractivity contribution is 0.0834. The van der Waals surface area contributed by atoms with Crippen molar-refractivity contribution in [2.24, 2.45) is 11.1 Å². The molecule has 2 aliphatic rings. The molecule has 3 unspecified atom stereocenters. The van der Waals surface area contributed by atoms with Crippen LogP contribution in [0.15, 0.2) is 35.5 Å². The molecule has 3 atom stereocenters. The molecule has 1 saturated carbocycles. The summed E-state index contributed by atoms with van der Waals surface area (Å²) in [6.45, 7) is 0.900. The Balaban J connectivity index is 1.54. The SMILES string of the molecule is O=NC1CC2CC1CN2C(=O)OCc1ccccc1. The van der Waals surface area contributed by atoms with Crippen LogP contribution in [0.25, 0.3) is 0 Å². The molecule has 1 aliphatic heterocycles. The van der Waals surface area contributed by atoms with Gasteiger partial charge in [0.2, 0.25) is 0 Å². The summed E-state index contributed by atoms with van der Waals surface area (Å²) in [5, 5.41) is 3.13. The maximum absolute atomic E-state index is 12.0. The molecule has 1 amide bonds. The van der Waals surface area contributed by atoms with Crippen molar-refractivity contribution in [1.82, 2.24) is 4.90 Å². The van der Waals surface area contributed by atoms with Gasteiger partial charge >= 0.3 is 6.09 Å². The number of fused-ring (bicyclic) bond motifs is 2. The summed E-state index contributed by atoms with van der Waals surface area (Å²) in [5.74, 6) is 0.228. The highest BCUT2D eigenvalue weighted by Gasteiger charge is 2.47. The first-order valence-corrected chi connectivity index (χ1v) is 6.57. The number of nitrogens with zero attached hydrogens (tertiary/aromatic N) is 2. The van der Waals surface area contributed by atoms with E-state index in [1.165, 1.54) is 0 Å². The van der Waals surface area contributed by atoms with Gasteiger partial charge in [-0.3, -0.25) is 0 Å². The van der Waals surface area contributed by atoms with Crippen molar-refractivity contribution < 1.29 is 9.53 Å². The maximum Gasteiger partial charge on any atom is 0.410 e. The van der Waals surface area contributed by atoms with E-state index in [9.17, 15) is 9.70 Å². The van der Waals surface area contributed by atoms with Gasteiger partial charge in [0.05, 0.1) is 6.04 Å². The second-order valence-electron chi connectivity index (χ2n) is 5.25. The zero-order valence-electron chi connectivity index (χ0n) is 10.6. The molecule has 5 heteroatoms. The summed E-state index contributed by atoms with van der Waals surface area (Å²) in [5.41, 5.74) is 0.979. The van der Waals surface area contributed by atoms with Gasteiger partial charge in [-0.15, -0.1) is 0 Å². The number of carbonyl (C=O) groups is 1. The Bertz CT molecular complexity index is 477. The minimum atomic E-state index is -0.277. The Morgan fingerprint density at radius 3 is 2.74 bits per heavy atom. The summed E-state index contributed by atoms with van der Waals surface area (Å²) in [7, 11) is 0. The van der Waals surface area contributed by atoms with Crippen molar-refractivity contribution in [3.05, 3.63) is 40.8 Å². The number of likely N-dealkylation sites (tertiary alicyclic amines) is 1. The molecule has 0 radical (unpaired) electrons. The average molecular weight is 260 g/mol. The fourth-order valence-electron chi connectivity index (χ4n) is 3.08. The average Bonchev–Trinajstić information content (AvgIpc) is 3.05. The van der Waals surface area contributed by atoms with Crippen LogP contribution < -0.4 is 0 Å². The molecule has 1 heterocycles. The molecule has 1 aliphatic carbocycles. The van der Waals surface area contributed by atoms with Crippen LogP contribution in [0.5, 0.6) is 0 Å². The molecule has 1 saturated heterocycles. The fourth-order valence-corrected chi connectivity index (χ4v) is 3.08. The van der Waals surface area contributed by atoms with Crippen LogP contribution in [0.4, 0.5) is 4.79 Å². The Morgan fingerprint density at radius 1 is 1.32 bits per heavy atom. The van der Waals surface area contributed by atoms with Crippen LogP contribution in [0.1, 0.15) is 18.4 Å². The third-order valence-corrected chi connectivity index (χ3v) is 4.08. The lowest BCUT2D eigenvalue weighted by Gasteiger charge is -2.27. The number of rotatable bonds is 3. The van der Waals surface area contributed by atoms with Gasteiger partial charge in [-0.2, -0.15) is 4.91 Å². The lowest BCUT2D eigenvalue weighted by atomic mass is 10.0. The monoisotopic (exact) mass is 260 g/mol. The van der Waals surface area contributed by atoms with Gasteiger partial charge in [-0.05, 0) is 18.4 Å². The van der Waals surface area contributed by atoms with Crippen molar-refractivity contribution in [2.75, 3.05) is 6.54 Å². The Morgan fingerprint density at radius 2 is 2.11 bits per heavy atom. The normalized spacial score (nSPS) is 28.4. The van der Waals surface area contributed by atoms with Crippen molar-refractivity contribution in [1.29, 1.82) is 0 Å². The third-order valence-electron chi connectivity index (χ3n) is 4.08. The largest absolute Gasteiger partial charge is 0.445 e. The predicted octanol–water partition coefficient (Wildman–Crippen LogP) is 2.55. The summed E-state index contributed by atoms with van der Waals surface area (Å²) >= 11 is 0. The minimum Gasteiger partial charge on any atom is -0.445 e. The molecule has 2 fully saturated rings. The summed E-state index contributed by atoms with van der Waals surface area (Å²) < 4.78 is 5.31. The van der Waals surface area contributed by atoms with E-state index in [-0.39, 0.29) is 24.1 Å². The number of ether oxygens (including phenoxy) is 1. The van der Waals surface area contributed by atoms with Crippen LogP contribution in [0.2, 0.25) is 0 Å². The molecular weight excluding hydrogens is 244 g/mol. The Kier molecular flexibility index (Phi) is 3.19. The highest BCUT2D eigenvalue weighted by Crippen LogP contribution is 2.39. The number of amides is 1. The van der Waals surface area contributed by atoms with Crippen molar-refractivity contribution >= 4 is 6.09 Å². The summed E-state index contributed by atoms with van der Waals surface area (Å²) in [4.78, 5) is 24.3. The molecule has 0 N–H and O–H groups in total. The van der Waals surface area contributed by atoms with Gasteiger partial charge in [0.25, 0.3) is 0 Å². The zero-order valence-corrected chi connectivity index (χ0v) is 10.6. The first-order chi connectivity index (χ1) is 9.28. The Labute approximate surface area is 111 Å². The van der Waals surface area contributed by atoms with Crippen LogP contribution in [-0.2, 0) is 11.3 Å². The quantitative estimate of drug-likeness (QED) is 0.785. The molecule has 3 rings (SSSR count). The first kappa shape index (κ1) is 12.1. The molecule has 1 aromatic carbocycles. The molecule has 0 spiro atoms. The predicted molar refractivity (Wildman–Crippen MR) is 69.4 cm³/mol. The number of nitroso groups, excluding NO2 is 1. The highest BCUT2D eigenvalue weighted by molar-refractivity contribution is 5.68. The minimum absolute atomic E-state index is 0.108. The van der Waals surface area contributed by atoms with Crippen LogP contribution >= 0.6 is 0 Å². The topological polar surface area (TPSA) is 59.0 Å². The van der Waals surface area contributed by atoms with E-state index in [0.717, 1.165) is 12.0 Å².